The van der Waals surface area contributed by atoms with Gasteiger partial charge >= 0.3 is 12.2 Å². The van der Waals surface area contributed by atoms with Gasteiger partial charge in [0.2, 0.25) is 0 Å². The molecule has 0 aliphatic heterocycles. The Bertz CT molecular complexity index is 1110. The maximum Gasteiger partial charge on any atom is 0.417 e. The first-order valence-electron chi connectivity index (χ1n) is 8.47. The van der Waals surface area contributed by atoms with Gasteiger partial charge in [0.05, 0.1) is 22.2 Å². The third kappa shape index (κ3) is 5.43. The zero-order chi connectivity index (χ0) is 21.7. The number of carbonyl (C=O) groups is 1. The predicted molar refractivity (Wildman–Crippen MR) is 107 cm³/mol. The highest BCUT2D eigenvalue weighted by molar-refractivity contribution is 6.31. The van der Waals surface area contributed by atoms with E-state index in [2.05, 4.69) is 10.6 Å². The minimum atomic E-state index is -4.58. The van der Waals surface area contributed by atoms with Crippen molar-refractivity contribution in [3.63, 3.8) is 0 Å². The number of benzene rings is 3. The molecule has 0 bridgehead atoms. The highest BCUT2D eigenvalue weighted by Crippen LogP contribution is 2.35. The molecule has 0 heterocycles. The Hall–Kier alpha value is -3.70. The molecule has 0 radical (unpaired) electrons. The maximum atomic E-state index is 12.8. The molecule has 0 aromatic heterocycles. The molecular formula is C21H13ClF3N3O2. The second-order valence-electron chi connectivity index (χ2n) is 6.04. The van der Waals surface area contributed by atoms with E-state index in [1.54, 1.807) is 48.5 Å². The summed E-state index contributed by atoms with van der Waals surface area (Å²) in [6, 6.07) is 17.3. The average Bonchev–Trinajstić information content (AvgIpc) is 2.68. The zero-order valence-electron chi connectivity index (χ0n) is 15.1. The number of nitrogens with one attached hydrogen (secondary N) is 2. The number of nitriles is 1. The molecular weight excluding hydrogens is 419 g/mol. The summed E-state index contributed by atoms with van der Waals surface area (Å²) in [5, 5.41) is 13.3. The van der Waals surface area contributed by atoms with E-state index < -0.39 is 22.8 Å². The Morgan fingerprint density at radius 1 is 0.933 bits per heavy atom. The molecule has 0 fully saturated rings. The molecule has 0 atom stereocenters. The summed E-state index contributed by atoms with van der Waals surface area (Å²) < 4.78 is 43.9. The molecule has 2 N–H and O–H groups in total. The molecule has 0 aliphatic carbocycles. The van der Waals surface area contributed by atoms with Gasteiger partial charge in [0.25, 0.3) is 0 Å². The van der Waals surface area contributed by atoms with Crippen molar-refractivity contribution >= 4 is 29.0 Å². The molecule has 0 saturated carbocycles. The molecule has 0 unspecified atom stereocenters. The van der Waals surface area contributed by atoms with Crippen molar-refractivity contribution in [2.75, 3.05) is 10.6 Å². The molecule has 3 aromatic rings. The van der Waals surface area contributed by atoms with E-state index in [1.807, 2.05) is 6.07 Å². The van der Waals surface area contributed by atoms with Crippen LogP contribution in [0.2, 0.25) is 5.02 Å². The molecule has 3 aromatic carbocycles. The van der Waals surface area contributed by atoms with Crippen LogP contribution >= 0.6 is 11.6 Å². The van der Waals surface area contributed by atoms with E-state index in [0.29, 0.717) is 22.7 Å². The van der Waals surface area contributed by atoms with Crippen molar-refractivity contribution in [1.82, 2.24) is 0 Å². The number of halogens is 4. The third-order valence-corrected chi connectivity index (χ3v) is 4.16. The molecule has 9 heteroatoms. The maximum absolute atomic E-state index is 12.8. The van der Waals surface area contributed by atoms with Gasteiger partial charge in [0, 0.05) is 17.4 Å². The first-order valence-corrected chi connectivity index (χ1v) is 8.85. The van der Waals surface area contributed by atoms with Crippen LogP contribution in [0.25, 0.3) is 0 Å². The number of ether oxygens (including phenoxy) is 1. The summed E-state index contributed by atoms with van der Waals surface area (Å²) in [6.07, 6.45) is -4.58. The molecule has 30 heavy (non-hydrogen) atoms. The number of anilines is 2. The lowest BCUT2D eigenvalue weighted by Crippen LogP contribution is -2.19. The Labute approximate surface area is 174 Å². The van der Waals surface area contributed by atoms with Gasteiger partial charge in [-0.1, -0.05) is 17.7 Å². The van der Waals surface area contributed by atoms with Crippen LogP contribution in [0.3, 0.4) is 0 Å². The standard InChI is InChI=1S/C21H13ClF3N3O2/c22-19-11-15(6-9-18(19)21(23,24)25)28-20(29)27-14-2-1-3-17(10-14)30-16-7-4-13(12-26)5-8-16/h1-11H,(H2,27,28,29). The number of hydrogen-bond acceptors (Lipinski definition) is 3. The fraction of sp³-hybridized carbons (Fsp3) is 0.0476. The summed E-state index contributed by atoms with van der Waals surface area (Å²) in [4.78, 5) is 12.2. The molecule has 5 nitrogen and oxygen atoms in total. The summed E-state index contributed by atoms with van der Waals surface area (Å²) >= 11 is 5.65. The van der Waals surface area contributed by atoms with Gasteiger partial charge < -0.3 is 15.4 Å². The second kappa shape index (κ2) is 8.76. The van der Waals surface area contributed by atoms with Crippen molar-refractivity contribution in [3.05, 3.63) is 82.9 Å². The Kier molecular flexibility index (Phi) is 6.14. The summed E-state index contributed by atoms with van der Waals surface area (Å²) in [5.41, 5.74) is 0.0210. The number of urea groups is 1. The lowest BCUT2D eigenvalue weighted by molar-refractivity contribution is -0.137. The van der Waals surface area contributed by atoms with Crippen molar-refractivity contribution < 1.29 is 22.7 Å². The van der Waals surface area contributed by atoms with E-state index >= 15 is 0 Å². The number of nitrogens with zero attached hydrogens (tertiary/aromatic N) is 1. The molecule has 2 amide bonds. The van der Waals surface area contributed by atoms with Crippen LogP contribution in [0.15, 0.2) is 66.7 Å². The van der Waals surface area contributed by atoms with Crippen LogP contribution in [0, 0.1) is 11.3 Å². The smallest absolute Gasteiger partial charge is 0.417 e. The highest BCUT2D eigenvalue weighted by Gasteiger charge is 2.33. The fourth-order valence-electron chi connectivity index (χ4n) is 2.49. The van der Waals surface area contributed by atoms with Crippen molar-refractivity contribution in [3.8, 4) is 17.6 Å². The topological polar surface area (TPSA) is 74.1 Å². The van der Waals surface area contributed by atoms with Gasteiger partial charge in [0.1, 0.15) is 11.5 Å². The number of hydrogen-bond donors (Lipinski definition) is 2. The van der Waals surface area contributed by atoms with Gasteiger partial charge in [-0.3, -0.25) is 0 Å². The Morgan fingerprint density at radius 2 is 1.60 bits per heavy atom. The minimum absolute atomic E-state index is 0.107. The lowest BCUT2D eigenvalue weighted by atomic mass is 10.2. The fourth-order valence-corrected chi connectivity index (χ4v) is 2.77. The summed E-state index contributed by atoms with van der Waals surface area (Å²) in [5.74, 6) is 0.949. The van der Waals surface area contributed by atoms with E-state index in [0.717, 1.165) is 18.2 Å². The van der Waals surface area contributed by atoms with E-state index in [4.69, 9.17) is 21.6 Å². The van der Waals surface area contributed by atoms with Crippen molar-refractivity contribution in [2.45, 2.75) is 6.18 Å². The first-order chi connectivity index (χ1) is 14.2. The second-order valence-corrected chi connectivity index (χ2v) is 6.44. The molecule has 0 saturated heterocycles. The number of rotatable bonds is 4. The predicted octanol–water partition coefficient (Wildman–Crippen LogP) is 6.67. The summed E-state index contributed by atoms with van der Waals surface area (Å²) in [6.45, 7) is 0. The van der Waals surface area contributed by atoms with E-state index in [9.17, 15) is 18.0 Å². The van der Waals surface area contributed by atoms with Crippen LogP contribution in [0.5, 0.6) is 11.5 Å². The Morgan fingerprint density at radius 3 is 2.20 bits per heavy atom. The average molecular weight is 432 g/mol. The van der Waals surface area contributed by atoms with Gasteiger partial charge in [-0.05, 0) is 54.6 Å². The number of alkyl halides is 3. The van der Waals surface area contributed by atoms with Crippen LogP contribution < -0.4 is 15.4 Å². The molecule has 152 valence electrons. The van der Waals surface area contributed by atoms with Gasteiger partial charge in [-0.2, -0.15) is 18.4 Å². The minimum Gasteiger partial charge on any atom is -0.457 e. The zero-order valence-corrected chi connectivity index (χ0v) is 15.9. The Balaban J connectivity index is 1.65. The molecule has 0 aliphatic rings. The quantitative estimate of drug-likeness (QED) is 0.484. The van der Waals surface area contributed by atoms with E-state index in [1.165, 1.54) is 0 Å². The van der Waals surface area contributed by atoms with Crippen LogP contribution in [0.4, 0.5) is 29.3 Å². The van der Waals surface area contributed by atoms with Crippen molar-refractivity contribution in [1.29, 1.82) is 5.26 Å². The number of amides is 2. The summed E-state index contributed by atoms with van der Waals surface area (Å²) in [7, 11) is 0. The number of carbonyl (C=O) groups excluding carboxylic acids is 1. The van der Waals surface area contributed by atoms with Gasteiger partial charge in [-0.15, -0.1) is 0 Å². The van der Waals surface area contributed by atoms with Crippen LogP contribution in [-0.4, -0.2) is 6.03 Å². The van der Waals surface area contributed by atoms with Gasteiger partial charge in [-0.25, -0.2) is 4.79 Å². The SMILES string of the molecule is N#Cc1ccc(Oc2cccc(NC(=O)Nc3ccc(C(F)(F)F)c(Cl)c3)c2)cc1. The molecule has 3 rings (SSSR count). The normalized spacial score (nSPS) is 10.8. The third-order valence-electron chi connectivity index (χ3n) is 3.84. The molecule has 0 spiro atoms. The first kappa shape index (κ1) is 21.0. The van der Waals surface area contributed by atoms with Crippen LogP contribution in [0.1, 0.15) is 11.1 Å². The van der Waals surface area contributed by atoms with Gasteiger partial charge in [0.15, 0.2) is 0 Å². The van der Waals surface area contributed by atoms with Crippen molar-refractivity contribution in [2.24, 2.45) is 0 Å². The van der Waals surface area contributed by atoms with Crippen LogP contribution in [-0.2, 0) is 6.18 Å². The monoisotopic (exact) mass is 431 g/mol. The largest absolute Gasteiger partial charge is 0.457 e. The lowest BCUT2D eigenvalue weighted by Gasteiger charge is -2.12. The van der Waals surface area contributed by atoms with E-state index in [-0.39, 0.29) is 5.69 Å². The highest BCUT2D eigenvalue weighted by atomic mass is 35.5.